The molecule has 0 fully saturated rings. The van der Waals surface area contributed by atoms with Crippen molar-refractivity contribution in [2.24, 2.45) is 7.05 Å². The molecule has 6 nitrogen and oxygen atoms in total. The Labute approximate surface area is 108 Å². The largest absolute Gasteiger partial charge is 0.374 e. The zero-order valence-corrected chi connectivity index (χ0v) is 10.4. The van der Waals surface area contributed by atoms with Crippen LogP contribution in [0.15, 0.2) is 30.7 Å². The van der Waals surface area contributed by atoms with Crippen molar-refractivity contribution in [3.05, 3.63) is 51.6 Å². The molecule has 0 radical (unpaired) electrons. The maximum Gasteiger partial charge on any atom is 0.292 e. The van der Waals surface area contributed by atoms with Crippen LogP contribution >= 0.6 is 11.6 Å². The lowest BCUT2D eigenvalue weighted by atomic mass is 10.2. The summed E-state index contributed by atoms with van der Waals surface area (Å²) in [5, 5.41) is 14.3. The quantitative estimate of drug-likeness (QED) is 0.682. The van der Waals surface area contributed by atoms with Gasteiger partial charge in [0.2, 0.25) is 0 Å². The van der Waals surface area contributed by atoms with Crippen LogP contribution in [0.5, 0.6) is 0 Å². The number of nitro benzene ring substituents is 1. The standard InChI is InChI=1S/C11H11ClN4O2/c1-15-7-13-5-9(15)6-14-10-4-8(12)2-3-11(10)16(17)18/h2-5,7,14H,6H2,1H3. The zero-order valence-electron chi connectivity index (χ0n) is 9.63. The molecule has 0 saturated carbocycles. The molecule has 1 aromatic heterocycles. The van der Waals surface area contributed by atoms with Crippen LogP contribution in [0.3, 0.4) is 0 Å². The van der Waals surface area contributed by atoms with Gasteiger partial charge in [-0.1, -0.05) is 11.6 Å². The maximum atomic E-state index is 10.9. The molecule has 2 rings (SSSR count). The van der Waals surface area contributed by atoms with Gasteiger partial charge in [-0.25, -0.2) is 4.98 Å². The normalized spacial score (nSPS) is 10.3. The van der Waals surface area contributed by atoms with Gasteiger partial charge in [0.25, 0.3) is 5.69 Å². The third-order valence-electron chi connectivity index (χ3n) is 2.53. The minimum atomic E-state index is -0.443. The first kappa shape index (κ1) is 12.4. The molecule has 0 saturated heterocycles. The summed E-state index contributed by atoms with van der Waals surface area (Å²) < 4.78 is 1.84. The minimum absolute atomic E-state index is 0.00145. The molecule has 0 amide bonds. The van der Waals surface area contributed by atoms with Gasteiger partial charge in [-0.2, -0.15) is 0 Å². The van der Waals surface area contributed by atoms with E-state index in [4.69, 9.17) is 11.6 Å². The van der Waals surface area contributed by atoms with Crippen LogP contribution in [-0.4, -0.2) is 14.5 Å². The predicted octanol–water partition coefficient (Wildman–Crippen LogP) is 2.59. The first-order chi connectivity index (χ1) is 8.58. The Morgan fingerprint density at radius 2 is 2.33 bits per heavy atom. The number of rotatable bonds is 4. The Morgan fingerprint density at radius 1 is 1.56 bits per heavy atom. The summed E-state index contributed by atoms with van der Waals surface area (Å²) in [6.07, 6.45) is 3.37. The van der Waals surface area contributed by atoms with Gasteiger partial charge in [0.15, 0.2) is 0 Å². The highest BCUT2D eigenvalue weighted by atomic mass is 35.5. The fourth-order valence-electron chi connectivity index (χ4n) is 1.55. The number of aromatic nitrogens is 2. The summed E-state index contributed by atoms with van der Waals surface area (Å²) in [6, 6.07) is 4.42. The molecular weight excluding hydrogens is 256 g/mol. The number of nitro groups is 1. The molecule has 94 valence electrons. The van der Waals surface area contributed by atoms with Crippen LogP contribution in [0.1, 0.15) is 5.69 Å². The van der Waals surface area contributed by atoms with E-state index in [-0.39, 0.29) is 5.69 Å². The van der Waals surface area contributed by atoms with Gasteiger partial charge in [0.05, 0.1) is 23.5 Å². The van der Waals surface area contributed by atoms with E-state index in [1.165, 1.54) is 18.2 Å². The summed E-state index contributed by atoms with van der Waals surface area (Å²) in [5.41, 5.74) is 1.32. The molecular formula is C11H11ClN4O2. The van der Waals surface area contributed by atoms with Gasteiger partial charge >= 0.3 is 0 Å². The fraction of sp³-hybridized carbons (Fsp3) is 0.182. The Hall–Kier alpha value is -2.08. The van der Waals surface area contributed by atoms with Crippen molar-refractivity contribution in [1.29, 1.82) is 0 Å². The summed E-state index contributed by atoms with van der Waals surface area (Å²) in [4.78, 5) is 14.4. The van der Waals surface area contributed by atoms with Gasteiger partial charge in [-0.3, -0.25) is 10.1 Å². The molecule has 7 heteroatoms. The van der Waals surface area contributed by atoms with Crippen LogP contribution in [0.2, 0.25) is 5.02 Å². The Bertz CT molecular complexity index is 582. The van der Waals surface area contributed by atoms with E-state index in [0.29, 0.717) is 17.3 Å². The highest BCUT2D eigenvalue weighted by Gasteiger charge is 2.13. The topological polar surface area (TPSA) is 73.0 Å². The van der Waals surface area contributed by atoms with Gasteiger partial charge in [-0.05, 0) is 12.1 Å². The molecule has 0 atom stereocenters. The van der Waals surface area contributed by atoms with E-state index >= 15 is 0 Å². The number of aryl methyl sites for hydroxylation is 1. The summed E-state index contributed by atoms with van der Waals surface area (Å²) >= 11 is 5.83. The SMILES string of the molecule is Cn1cncc1CNc1cc(Cl)ccc1[N+](=O)[O-]. The smallest absolute Gasteiger partial charge is 0.292 e. The summed E-state index contributed by atoms with van der Waals surface area (Å²) in [6.45, 7) is 0.442. The monoisotopic (exact) mass is 266 g/mol. The van der Waals surface area contributed by atoms with Gasteiger partial charge in [0.1, 0.15) is 5.69 Å². The fourth-order valence-corrected chi connectivity index (χ4v) is 1.72. The lowest BCUT2D eigenvalue weighted by Gasteiger charge is -2.07. The van der Waals surface area contributed by atoms with Gasteiger partial charge in [0, 0.05) is 24.3 Å². The van der Waals surface area contributed by atoms with Crippen molar-refractivity contribution in [3.8, 4) is 0 Å². The lowest BCUT2D eigenvalue weighted by Crippen LogP contribution is -2.05. The highest BCUT2D eigenvalue weighted by molar-refractivity contribution is 6.31. The molecule has 0 bridgehead atoms. The third kappa shape index (κ3) is 2.60. The van der Waals surface area contributed by atoms with E-state index < -0.39 is 4.92 Å². The predicted molar refractivity (Wildman–Crippen MR) is 68.6 cm³/mol. The summed E-state index contributed by atoms with van der Waals surface area (Å²) in [5.74, 6) is 0. The van der Waals surface area contributed by atoms with E-state index in [0.717, 1.165) is 5.69 Å². The van der Waals surface area contributed by atoms with Crippen molar-refractivity contribution < 1.29 is 4.92 Å². The number of benzene rings is 1. The summed E-state index contributed by atoms with van der Waals surface area (Å²) in [7, 11) is 1.86. The second kappa shape index (κ2) is 5.05. The van der Waals surface area contributed by atoms with Crippen LogP contribution < -0.4 is 5.32 Å². The van der Waals surface area contributed by atoms with Crippen molar-refractivity contribution in [2.45, 2.75) is 6.54 Å². The van der Waals surface area contributed by atoms with Crippen molar-refractivity contribution in [3.63, 3.8) is 0 Å². The molecule has 1 N–H and O–H groups in total. The van der Waals surface area contributed by atoms with E-state index in [1.807, 2.05) is 11.6 Å². The molecule has 0 aliphatic rings. The molecule has 0 aliphatic carbocycles. The molecule has 0 aliphatic heterocycles. The van der Waals surface area contributed by atoms with Crippen molar-refractivity contribution in [2.75, 3.05) is 5.32 Å². The zero-order chi connectivity index (χ0) is 13.1. The second-order valence-electron chi connectivity index (χ2n) is 3.77. The van der Waals surface area contributed by atoms with Crippen molar-refractivity contribution >= 4 is 23.0 Å². The molecule has 2 aromatic rings. The molecule has 1 aromatic carbocycles. The molecule has 0 unspecified atom stereocenters. The average molecular weight is 267 g/mol. The Morgan fingerprint density at radius 3 is 2.94 bits per heavy atom. The first-order valence-corrected chi connectivity index (χ1v) is 5.58. The second-order valence-corrected chi connectivity index (χ2v) is 4.20. The number of nitrogens with zero attached hydrogens (tertiary/aromatic N) is 3. The van der Waals surface area contributed by atoms with Crippen LogP contribution in [0.25, 0.3) is 0 Å². The highest BCUT2D eigenvalue weighted by Crippen LogP contribution is 2.27. The number of hydrogen-bond acceptors (Lipinski definition) is 4. The number of nitrogens with one attached hydrogen (secondary N) is 1. The number of halogens is 1. The van der Waals surface area contributed by atoms with E-state index in [9.17, 15) is 10.1 Å². The number of hydrogen-bond donors (Lipinski definition) is 1. The molecule has 18 heavy (non-hydrogen) atoms. The third-order valence-corrected chi connectivity index (χ3v) is 2.77. The van der Waals surface area contributed by atoms with Gasteiger partial charge < -0.3 is 9.88 Å². The number of imidazole rings is 1. The molecule has 0 spiro atoms. The Balaban J connectivity index is 2.20. The average Bonchev–Trinajstić information content (AvgIpc) is 2.72. The van der Waals surface area contributed by atoms with Crippen LogP contribution in [0.4, 0.5) is 11.4 Å². The van der Waals surface area contributed by atoms with E-state index in [1.54, 1.807) is 12.5 Å². The van der Waals surface area contributed by atoms with Crippen LogP contribution in [-0.2, 0) is 13.6 Å². The minimum Gasteiger partial charge on any atom is -0.374 e. The maximum absolute atomic E-state index is 10.9. The van der Waals surface area contributed by atoms with E-state index in [2.05, 4.69) is 10.3 Å². The Kier molecular flexibility index (Phi) is 3.47. The number of anilines is 1. The first-order valence-electron chi connectivity index (χ1n) is 5.21. The lowest BCUT2D eigenvalue weighted by molar-refractivity contribution is -0.384. The van der Waals surface area contributed by atoms with Crippen molar-refractivity contribution in [1.82, 2.24) is 9.55 Å². The van der Waals surface area contributed by atoms with Gasteiger partial charge in [-0.15, -0.1) is 0 Å². The molecule has 1 heterocycles. The van der Waals surface area contributed by atoms with Crippen LogP contribution in [0, 0.1) is 10.1 Å².